The summed E-state index contributed by atoms with van der Waals surface area (Å²) < 4.78 is 1.97. The molecule has 5 nitrogen and oxygen atoms in total. The molecule has 6 heteroatoms. The van der Waals surface area contributed by atoms with Crippen LogP contribution in [0.3, 0.4) is 0 Å². The molecule has 3 aromatic rings. The summed E-state index contributed by atoms with van der Waals surface area (Å²) in [6, 6.07) is 15.5. The monoisotopic (exact) mass is 449 g/mol. The van der Waals surface area contributed by atoms with E-state index in [1.807, 2.05) is 53.1 Å². The van der Waals surface area contributed by atoms with Gasteiger partial charge in [-0.15, -0.1) is 0 Å². The second-order valence-corrected chi connectivity index (χ2v) is 10.0. The lowest BCUT2D eigenvalue weighted by Gasteiger charge is -2.36. The van der Waals surface area contributed by atoms with Gasteiger partial charge in [0.1, 0.15) is 0 Å². The second-order valence-electron chi connectivity index (χ2n) is 9.11. The molecular formula is C26H31N3O2S. The Morgan fingerprint density at radius 3 is 2.53 bits per heavy atom. The molecule has 2 aromatic carbocycles. The van der Waals surface area contributed by atoms with Gasteiger partial charge in [0, 0.05) is 31.5 Å². The zero-order chi connectivity index (χ0) is 22.8. The topological polar surface area (TPSA) is 55.2 Å². The Labute approximate surface area is 193 Å². The number of para-hydroxylation sites is 1. The lowest BCUT2D eigenvalue weighted by Crippen LogP contribution is -2.35. The first-order valence-corrected chi connectivity index (χ1v) is 12.3. The minimum atomic E-state index is -0.00496. The van der Waals surface area contributed by atoms with Crippen LogP contribution < -0.4 is 5.56 Å². The second kappa shape index (κ2) is 9.49. The summed E-state index contributed by atoms with van der Waals surface area (Å²) in [5, 5.41) is 1.47. The molecule has 3 unspecified atom stereocenters. The van der Waals surface area contributed by atoms with Crippen molar-refractivity contribution >= 4 is 28.6 Å². The molecule has 0 radical (unpaired) electrons. The standard InChI is InChI=1S/C26H31N3O2S/c1-17-8-7-11-23(18(17)2)29-25(31)21-9-5-6-10-22(21)27-26(29)32-16-19-12-14-20(15-13-19)24(30)28(3)4/h5-6,9-10,12-15,17-18,23H,7-8,11,16H2,1-4H3. The summed E-state index contributed by atoms with van der Waals surface area (Å²) >= 11 is 1.60. The van der Waals surface area contributed by atoms with Crippen molar-refractivity contribution in [1.82, 2.24) is 14.5 Å². The Bertz CT molecular complexity index is 1170. The van der Waals surface area contributed by atoms with Crippen LogP contribution in [0.25, 0.3) is 10.9 Å². The highest BCUT2D eigenvalue weighted by Gasteiger charge is 2.31. The fourth-order valence-electron chi connectivity index (χ4n) is 4.59. The van der Waals surface area contributed by atoms with E-state index in [1.165, 1.54) is 6.42 Å². The van der Waals surface area contributed by atoms with Gasteiger partial charge in [0.2, 0.25) is 0 Å². The number of fused-ring (bicyclic) bond motifs is 1. The maximum absolute atomic E-state index is 13.6. The molecule has 3 atom stereocenters. The van der Waals surface area contributed by atoms with E-state index in [0.29, 0.717) is 28.5 Å². The van der Waals surface area contributed by atoms with Crippen LogP contribution in [0.1, 0.15) is 55.1 Å². The van der Waals surface area contributed by atoms with Gasteiger partial charge in [-0.05, 0) is 48.1 Å². The average Bonchev–Trinajstić information content (AvgIpc) is 2.80. The minimum absolute atomic E-state index is 0.00496. The molecule has 1 aromatic heterocycles. The Morgan fingerprint density at radius 1 is 1.09 bits per heavy atom. The number of benzene rings is 2. The largest absolute Gasteiger partial charge is 0.345 e. The summed E-state index contributed by atoms with van der Waals surface area (Å²) in [7, 11) is 3.51. The van der Waals surface area contributed by atoms with E-state index >= 15 is 0 Å². The van der Waals surface area contributed by atoms with Gasteiger partial charge in [0.15, 0.2) is 5.16 Å². The van der Waals surface area contributed by atoms with Gasteiger partial charge in [-0.2, -0.15) is 0 Å². The van der Waals surface area contributed by atoms with Crippen molar-refractivity contribution in [3.8, 4) is 0 Å². The van der Waals surface area contributed by atoms with Crippen LogP contribution in [-0.2, 0) is 5.75 Å². The summed E-state index contributed by atoms with van der Waals surface area (Å²) in [5.74, 6) is 1.71. The first kappa shape index (κ1) is 22.6. The van der Waals surface area contributed by atoms with Crippen LogP contribution in [0.2, 0.25) is 0 Å². The average molecular weight is 450 g/mol. The number of thioether (sulfide) groups is 1. The van der Waals surface area contributed by atoms with Gasteiger partial charge in [0.05, 0.1) is 10.9 Å². The number of carbonyl (C=O) groups is 1. The predicted octanol–water partition coefficient (Wildman–Crippen LogP) is 5.39. The van der Waals surface area contributed by atoms with Crippen molar-refractivity contribution in [1.29, 1.82) is 0 Å². The summed E-state index contributed by atoms with van der Waals surface area (Å²) in [5.41, 5.74) is 2.59. The first-order valence-electron chi connectivity index (χ1n) is 11.3. The Morgan fingerprint density at radius 2 is 1.81 bits per heavy atom. The Kier molecular flexibility index (Phi) is 6.70. The van der Waals surface area contributed by atoms with E-state index < -0.39 is 0 Å². The van der Waals surface area contributed by atoms with Crippen molar-refractivity contribution in [2.45, 2.75) is 50.1 Å². The molecule has 0 aliphatic heterocycles. The van der Waals surface area contributed by atoms with Crippen LogP contribution in [0.5, 0.6) is 0 Å². The van der Waals surface area contributed by atoms with E-state index in [1.54, 1.807) is 30.8 Å². The highest BCUT2D eigenvalue weighted by Crippen LogP contribution is 2.39. The fourth-order valence-corrected chi connectivity index (χ4v) is 5.60. The van der Waals surface area contributed by atoms with Gasteiger partial charge < -0.3 is 4.90 Å². The molecule has 1 heterocycles. The van der Waals surface area contributed by atoms with Crippen molar-refractivity contribution in [3.05, 3.63) is 70.0 Å². The summed E-state index contributed by atoms with van der Waals surface area (Å²) in [6.45, 7) is 4.56. The Balaban J connectivity index is 1.67. The molecule has 4 rings (SSSR count). The van der Waals surface area contributed by atoms with E-state index in [-0.39, 0.29) is 17.5 Å². The van der Waals surface area contributed by atoms with Crippen LogP contribution in [0.15, 0.2) is 58.5 Å². The first-order chi connectivity index (χ1) is 15.4. The summed E-state index contributed by atoms with van der Waals surface area (Å²) in [6.07, 6.45) is 3.37. The molecule has 32 heavy (non-hydrogen) atoms. The predicted molar refractivity (Wildman–Crippen MR) is 131 cm³/mol. The number of nitrogens with zero attached hydrogens (tertiary/aromatic N) is 3. The molecule has 168 valence electrons. The third-order valence-corrected chi connectivity index (χ3v) is 7.77. The van der Waals surface area contributed by atoms with Crippen LogP contribution in [-0.4, -0.2) is 34.5 Å². The van der Waals surface area contributed by atoms with Gasteiger partial charge in [-0.3, -0.25) is 14.2 Å². The summed E-state index contributed by atoms with van der Waals surface area (Å²) in [4.78, 5) is 32.2. The molecule has 1 aliphatic rings. The van der Waals surface area contributed by atoms with E-state index in [4.69, 9.17) is 4.98 Å². The highest BCUT2D eigenvalue weighted by atomic mass is 32.2. The van der Waals surface area contributed by atoms with E-state index in [0.717, 1.165) is 29.1 Å². The molecule has 0 bridgehead atoms. The van der Waals surface area contributed by atoms with E-state index in [9.17, 15) is 9.59 Å². The minimum Gasteiger partial charge on any atom is -0.345 e. The quantitative estimate of drug-likeness (QED) is 0.387. The number of hydrogen-bond acceptors (Lipinski definition) is 4. The molecule has 0 spiro atoms. The number of rotatable bonds is 5. The number of amides is 1. The van der Waals surface area contributed by atoms with Crippen LogP contribution in [0, 0.1) is 11.8 Å². The van der Waals surface area contributed by atoms with Crippen molar-refractivity contribution in [2.24, 2.45) is 11.8 Å². The maximum atomic E-state index is 13.6. The number of carbonyl (C=O) groups excluding carboxylic acids is 1. The Hall–Kier alpha value is -2.60. The molecule has 1 amide bonds. The smallest absolute Gasteiger partial charge is 0.262 e. The molecule has 1 fully saturated rings. The lowest BCUT2D eigenvalue weighted by molar-refractivity contribution is 0.0827. The zero-order valence-electron chi connectivity index (χ0n) is 19.2. The SMILES string of the molecule is CC1CCCC(n2c(SCc3ccc(C(=O)N(C)C)cc3)nc3ccccc3c2=O)C1C. The van der Waals surface area contributed by atoms with Crippen molar-refractivity contribution < 1.29 is 4.79 Å². The van der Waals surface area contributed by atoms with Gasteiger partial charge in [0.25, 0.3) is 11.5 Å². The van der Waals surface area contributed by atoms with Crippen LogP contribution in [0.4, 0.5) is 0 Å². The van der Waals surface area contributed by atoms with Gasteiger partial charge in [-0.1, -0.05) is 62.7 Å². The third kappa shape index (κ3) is 4.46. The molecule has 1 saturated carbocycles. The van der Waals surface area contributed by atoms with Gasteiger partial charge >= 0.3 is 0 Å². The molecule has 1 aliphatic carbocycles. The van der Waals surface area contributed by atoms with Crippen molar-refractivity contribution in [3.63, 3.8) is 0 Å². The van der Waals surface area contributed by atoms with Crippen molar-refractivity contribution in [2.75, 3.05) is 14.1 Å². The number of aromatic nitrogens is 2. The van der Waals surface area contributed by atoms with Crippen LogP contribution >= 0.6 is 11.8 Å². The molecular weight excluding hydrogens is 418 g/mol. The zero-order valence-corrected chi connectivity index (χ0v) is 20.1. The lowest BCUT2D eigenvalue weighted by atomic mass is 9.78. The van der Waals surface area contributed by atoms with Gasteiger partial charge in [-0.25, -0.2) is 4.98 Å². The van der Waals surface area contributed by atoms with E-state index in [2.05, 4.69) is 13.8 Å². The molecule has 0 N–H and O–H groups in total. The normalized spacial score (nSPS) is 20.9. The fraction of sp³-hybridized carbons (Fsp3) is 0.423. The third-order valence-electron chi connectivity index (χ3n) is 6.75. The molecule has 0 saturated heterocycles. The number of hydrogen-bond donors (Lipinski definition) is 0. The highest BCUT2D eigenvalue weighted by molar-refractivity contribution is 7.98. The maximum Gasteiger partial charge on any atom is 0.262 e.